The molecule has 2 aliphatic heterocycles. The number of aryl methyl sites for hydroxylation is 1. The highest BCUT2D eigenvalue weighted by molar-refractivity contribution is 5.99. The number of nitrogens with zero attached hydrogens (tertiary/aromatic N) is 5. The summed E-state index contributed by atoms with van der Waals surface area (Å²) in [7, 11) is 0. The van der Waals surface area contributed by atoms with Crippen LogP contribution in [0.2, 0.25) is 0 Å². The van der Waals surface area contributed by atoms with Gasteiger partial charge in [0.1, 0.15) is 11.5 Å². The van der Waals surface area contributed by atoms with E-state index in [9.17, 15) is 22.4 Å². The number of fused-ring (bicyclic) bond motifs is 3. The van der Waals surface area contributed by atoms with Gasteiger partial charge in [0, 0.05) is 25.0 Å². The van der Waals surface area contributed by atoms with E-state index in [1.54, 1.807) is 17.2 Å². The Morgan fingerprint density at radius 2 is 1.83 bits per heavy atom. The Morgan fingerprint density at radius 1 is 1.06 bits per heavy atom. The highest BCUT2D eigenvalue weighted by atomic mass is 19.4. The van der Waals surface area contributed by atoms with Gasteiger partial charge in [-0.05, 0) is 55.9 Å². The minimum Gasteiger partial charge on any atom is -0.365 e. The zero-order chi connectivity index (χ0) is 24.7. The first-order chi connectivity index (χ1) is 16.7. The Hall–Kier alpha value is -3.63. The Labute approximate surface area is 198 Å². The van der Waals surface area contributed by atoms with Gasteiger partial charge < -0.3 is 10.2 Å². The molecule has 1 amide bonds. The van der Waals surface area contributed by atoms with Crippen LogP contribution >= 0.6 is 0 Å². The molecule has 1 saturated carbocycles. The second kappa shape index (κ2) is 8.86. The SMILES string of the molecule is Cc1ccnc(C(=O)N2CC3CCC2C(Nc2ccc(C(F)(F)F)cn2)C3)c1-c1ncc(F)cn1. The molecule has 0 radical (unpaired) electrons. The van der Waals surface area contributed by atoms with Gasteiger partial charge in [0.15, 0.2) is 11.6 Å². The molecule has 11 heteroatoms. The van der Waals surface area contributed by atoms with E-state index >= 15 is 0 Å². The van der Waals surface area contributed by atoms with Crippen LogP contribution in [0.3, 0.4) is 0 Å². The molecule has 0 spiro atoms. The summed E-state index contributed by atoms with van der Waals surface area (Å²) in [5.41, 5.74) is 0.565. The number of piperidine rings is 2. The van der Waals surface area contributed by atoms with Gasteiger partial charge in [-0.3, -0.25) is 9.78 Å². The predicted octanol–water partition coefficient (Wildman–Crippen LogP) is 4.51. The number of rotatable bonds is 4. The van der Waals surface area contributed by atoms with E-state index in [1.165, 1.54) is 6.07 Å². The van der Waals surface area contributed by atoms with Crippen LogP contribution in [-0.2, 0) is 6.18 Å². The molecule has 2 bridgehead atoms. The number of nitrogens with one attached hydrogen (secondary N) is 1. The average molecular weight is 486 g/mol. The van der Waals surface area contributed by atoms with E-state index in [0.29, 0.717) is 17.9 Å². The Kier molecular flexibility index (Phi) is 5.86. The van der Waals surface area contributed by atoms with Crippen molar-refractivity contribution in [1.82, 2.24) is 24.8 Å². The molecule has 3 aliphatic rings. The third kappa shape index (κ3) is 4.54. The molecular formula is C24H22F4N6O. The normalized spacial score (nSPS) is 21.7. The molecule has 0 aromatic carbocycles. The van der Waals surface area contributed by atoms with Gasteiger partial charge >= 0.3 is 6.18 Å². The maximum absolute atomic E-state index is 13.7. The third-order valence-electron chi connectivity index (χ3n) is 6.67. The Morgan fingerprint density at radius 3 is 2.49 bits per heavy atom. The van der Waals surface area contributed by atoms with Crippen molar-refractivity contribution in [3.63, 3.8) is 0 Å². The van der Waals surface area contributed by atoms with Crippen LogP contribution in [0.5, 0.6) is 0 Å². The lowest BCUT2D eigenvalue weighted by atomic mass is 9.76. The van der Waals surface area contributed by atoms with Crippen LogP contribution in [-0.4, -0.2) is 49.4 Å². The van der Waals surface area contributed by atoms with Crippen molar-refractivity contribution in [2.45, 2.75) is 44.4 Å². The van der Waals surface area contributed by atoms with Crippen LogP contribution in [0.25, 0.3) is 11.4 Å². The number of halogens is 4. The van der Waals surface area contributed by atoms with Crippen LogP contribution in [0.4, 0.5) is 23.4 Å². The fourth-order valence-electron chi connectivity index (χ4n) is 5.00. The number of carbonyl (C=O) groups is 1. The first-order valence-electron chi connectivity index (χ1n) is 11.2. The van der Waals surface area contributed by atoms with E-state index in [0.717, 1.165) is 49.5 Å². The van der Waals surface area contributed by atoms with Crippen LogP contribution in [0.15, 0.2) is 43.0 Å². The lowest BCUT2D eigenvalue weighted by Gasteiger charge is -2.50. The molecular weight excluding hydrogens is 464 g/mol. The van der Waals surface area contributed by atoms with Crippen LogP contribution in [0, 0.1) is 18.7 Å². The van der Waals surface area contributed by atoms with E-state index in [4.69, 9.17) is 0 Å². The van der Waals surface area contributed by atoms with Crippen LogP contribution in [0.1, 0.15) is 40.9 Å². The summed E-state index contributed by atoms with van der Waals surface area (Å²) in [6, 6.07) is 3.70. The number of hydrogen-bond donors (Lipinski definition) is 1. The summed E-state index contributed by atoms with van der Waals surface area (Å²) in [4.78, 5) is 31.8. The maximum atomic E-state index is 13.7. The molecule has 2 saturated heterocycles. The number of hydrogen-bond acceptors (Lipinski definition) is 6. The molecule has 7 nitrogen and oxygen atoms in total. The van der Waals surface area contributed by atoms with Gasteiger partial charge in [-0.25, -0.2) is 19.3 Å². The monoisotopic (exact) mass is 486 g/mol. The summed E-state index contributed by atoms with van der Waals surface area (Å²) in [5, 5.41) is 3.23. The first-order valence-corrected chi connectivity index (χ1v) is 11.2. The number of aromatic nitrogens is 4. The molecule has 6 rings (SSSR count). The van der Waals surface area contributed by atoms with Gasteiger partial charge in [-0.1, -0.05) is 0 Å². The molecule has 1 aliphatic carbocycles. The first kappa shape index (κ1) is 23.1. The van der Waals surface area contributed by atoms with Gasteiger partial charge in [0.05, 0.1) is 29.6 Å². The van der Waals surface area contributed by atoms with Gasteiger partial charge in [0.25, 0.3) is 5.91 Å². The fraction of sp³-hybridized carbons (Fsp3) is 0.375. The molecule has 1 N–H and O–H groups in total. The fourth-order valence-corrected chi connectivity index (χ4v) is 5.00. The van der Waals surface area contributed by atoms with Gasteiger partial charge in [-0.15, -0.1) is 0 Å². The number of amides is 1. The van der Waals surface area contributed by atoms with Crippen molar-refractivity contribution < 1.29 is 22.4 Å². The number of pyridine rings is 2. The largest absolute Gasteiger partial charge is 0.417 e. The minimum absolute atomic E-state index is 0.161. The maximum Gasteiger partial charge on any atom is 0.417 e. The van der Waals surface area contributed by atoms with E-state index < -0.39 is 17.6 Å². The molecule has 3 aromatic heterocycles. The second-order valence-electron chi connectivity index (χ2n) is 8.96. The van der Waals surface area contributed by atoms with Crippen molar-refractivity contribution in [3.8, 4) is 11.4 Å². The zero-order valence-electron chi connectivity index (χ0n) is 18.8. The quantitative estimate of drug-likeness (QED) is 0.547. The van der Waals surface area contributed by atoms with Crippen molar-refractivity contribution in [3.05, 3.63) is 65.6 Å². The smallest absolute Gasteiger partial charge is 0.365 e. The Balaban J connectivity index is 1.41. The summed E-state index contributed by atoms with van der Waals surface area (Å²) in [5.74, 6) is -0.0742. The van der Waals surface area contributed by atoms with E-state index in [-0.39, 0.29) is 35.4 Å². The molecule has 3 aromatic rings. The van der Waals surface area contributed by atoms with Crippen molar-refractivity contribution in [2.75, 3.05) is 11.9 Å². The average Bonchev–Trinajstić information content (AvgIpc) is 2.84. The highest BCUT2D eigenvalue weighted by Crippen LogP contribution is 2.38. The van der Waals surface area contributed by atoms with Crippen LogP contribution < -0.4 is 5.32 Å². The molecule has 3 fully saturated rings. The Bertz CT molecular complexity index is 1230. The molecule has 3 unspecified atom stereocenters. The van der Waals surface area contributed by atoms with E-state index in [1.807, 2.05) is 6.92 Å². The lowest BCUT2D eigenvalue weighted by Crippen LogP contribution is -2.60. The van der Waals surface area contributed by atoms with Crippen molar-refractivity contribution >= 4 is 11.7 Å². The summed E-state index contributed by atoms with van der Waals surface area (Å²) in [6.45, 7) is 2.37. The second-order valence-corrected chi connectivity index (χ2v) is 8.96. The van der Waals surface area contributed by atoms with Crippen molar-refractivity contribution in [1.29, 1.82) is 0 Å². The molecule has 5 heterocycles. The number of alkyl halides is 3. The summed E-state index contributed by atoms with van der Waals surface area (Å²) in [6.07, 6.45) is 2.48. The highest BCUT2D eigenvalue weighted by Gasteiger charge is 2.44. The predicted molar refractivity (Wildman–Crippen MR) is 119 cm³/mol. The minimum atomic E-state index is -4.45. The topological polar surface area (TPSA) is 83.9 Å². The van der Waals surface area contributed by atoms with Gasteiger partial charge in [0.2, 0.25) is 0 Å². The standard InChI is InChI=1S/C24H22F4N6O/c1-13-6-7-29-21(20(13)22-31-10-16(25)11-32-22)23(35)34-12-14-2-4-18(34)17(8-14)33-19-5-3-15(9-30-19)24(26,27)28/h3,5-7,9-11,14,17-18H,2,4,8,12H2,1H3,(H,30,33). The number of anilines is 1. The zero-order valence-corrected chi connectivity index (χ0v) is 18.8. The van der Waals surface area contributed by atoms with E-state index in [2.05, 4.69) is 25.3 Å². The summed E-state index contributed by atoms with van der Waals surface area (Å²) >= 11 is 0. The summed E-state index contributed by atoms with van der Waals surface area (Å²) < 4.78 is 52.0. The van der Waals surface area contributed by atoms with Crippen molar-refractivity contribution in [2.24, 2.45) is 5.92 Å². The molecule has 35 heavy (non-hydrogen) atoms. The molecule has 3 atom stereocenters. The molecule has 182 valence electrons. The third-order valence-corrected chi connectivity index (χ3v) is 6.67. The van der Waals surface area contributed by atoms with Gasteiger partial charge in [-0.2, -0.15) is 13.2 Å². The lowest BCUT2D eigenvalue weighted by molar-refractivity contribution is -0.137. The number of carbonyl (C=O) groups excluding carboxylic acids is 1.